The molecule has 2 aromatic rings. The Balaban J connectivity index is 1.65. The number of amides is 2. The number of nitrogens with zero attached hydrogens (tertiary/aromatic N) is 5. The van der Waals surface area contributed by atoms with Crippen molar-refractivity contribution in [2.45, 2.75) is 25.8 Å². The minimum atomic E-state index is -0.0694. The van der Waals surface area contributed by atoms with E-state index in [1.807, 2.05) is 31.2 Å². The summed E-state index contributed by atoms with van der Waals surface area (Å²) in [4.78, 5) is 31.3. The molecule has 1 aromatic heterocycles. The predicted octanol–water partition coefficient (Wildman–Crippen LogP) is 1.41. The Kier molecular flexibility index (Phi) is 4.59. The molecule has 1 aliphatic rings. The minimum absolute atomic E-state index is 0.0434. The van der Waals surface area contributed by atoms with E-state index in [0.717, 1.165) is 17.7 Å². The third-order valence-corrected chi connectivity index (χ3v) is 4.53. The van der Waals surface area contributed by atoms with Crippen LogP contribution in [0, 0.1) is 0 Å². The lowest BCUT2D eigenvalue weighted by atomic mass is 10.1. The van der Waals surface area contributed by atoms with E-state index in [2.05, 4.69) is 10.1 Å². The molecular weight excluding hydrogens is 306 g/mol. The van der Waals surface area contributed by atoms with Gasteiger partial charge in [-0.25, -0.2) is 9.67 Å². The third-order valence-electron chi connectivity index (χ3n) is 4.53. The van der Waals surface area contributed by atoms with Crippen molar-refractivity contribution < 1.29 is 9.59 Å². The highest BCUT2D eigenvalue weighted by atomic mass is 16.2. The topological polar surface area (TPSA) is 71.3 Å². The molecule has 7 nitrogen and oxygen atoms in total. The van der Waals surface area contributed by atoms with Crippen molar-refractivity contribution in [2.75, 3.05) is 20.1 Å². The van der Waals surface area contributed by atoms with Gasteiger partial charge in [0, 0.05) is 20.0 Å². The lowest BCUT2D eigenvalue weighted by molar-refractivity contribution is -0.138. The normalized spacial score (nSPS) is 15.6. The van der Waals surface area contributed by atoms with Gasteiger partial charge in [0.15, 0.2) is 0 Å². The van der Waals surface area contributed by atoms with Gasteiger partial charge >= 0.3 is 0 Å². The molecule has 2 amide bonds. The van der Waals surface area contributed by atoms with Crippen molar-refractivity contribution in [3.63, 3.8) is 0 Å². The van der Waals surface area contributed by atoms with Gasteiger partial charge in [-0.05, 0) is 31.0 Å². The average molecular weight is 327 g/mol. The van der Waals surface area contributed by atoms with Crippen molar-refractivity contribution in [1.82, 2.24) is 24.6 Å². The molecule has 0 bridgehead atoms. The Bertz CT molecular complexity index is 711. The SMILES string of the molecule is CC(c1ccc(-n2cncn2)cc1)N(C)C(=O)CN1CCCC1=O. The Labute approximate surface area is 140 Å². The molecule has 0 aliphatic carbocycles. The molecule has 1 unspecified atom stereocenters. The number of hydrogen-bond acceptors (Lipinski definition) is 4. The first-order valence-corrected chi connectivity index (χ1v) is 8.04. The second kappa shape index (κ2) is 6.82. The Morgan fingerprint density at radius 2 is 2.08 bits per heavy atom. The quantitative estimate of drug-likeness (QED) is 0.832. The van der Waals surface area contributed by atoms with Crippen molar-refractivity contribution >= 4 is 11.8 Å². The molecule has 126 valence electrons. The van der Waals surface area contributed by atoms with Crippen molar-refractivity contribution in [3.8, 4) is 5.69 Å². The zero-order valence-corrected chi connectivity index (χ0v) is 13.9. The molecular formula is C17H21N5O2. The number of rotatable bonds is 5. The highest BCUT2D eigenvalue weighted by Crippen LogP contribution is 2.21. The molecule has 0 saturated carbocycles. The van der Waals surface area contributed by atoms with E-state index in [1.54, 1.807) is 27.9 Å². The number of hydrogen-bond donors (Lipinski definition) is 0. The van der Waals surface area contributed by atoms with Crippen LogP contribution in [-0.2, 0) is 9.59 Å². The van der Waals surface area contributed by atoms with E-state index in [4.69, 9.17) is 0 Å². The summed E-state index contributed by atoms with van der Waals surface area (Å²) in [6.45, 7) is 2.82. The summed E-state index contributed by atoms with van der Waals surface area (Å²) >= 11 is 0. The predicted molar refractivity (Wildman–Crippen MR) is 88.4 cm³/mol. The number of carbonyl (C=O) groups excluding carboxylic acids is 2. The van der Waals surface area contributed by atoms with Gasteiger partial charge in [-0.15, -0.1) is 0 Å². The van der Waals surface area contributed by atoms with Crippen LogP contribution in [0.4, 0.5) is 0 Å². The second-order valence-corrected chi connectivity index (χ2v) is 6.03. The molecule has 1 atom stereocenters. The van der Waals surface area contributed by atoms with Crippen LogP contribution in [0.5, 0.6) is 0 Å². The number of likely N-dealkylation sites (N-methyl/N-ethyl adjacent to an activating group) is 1. The van der Waals surface area contributed by atoms with E-state index >= 15 is 0 Å². The van der Waals surface area contributed by atoms with Crippen molar-refractivity contribution in [2.24, 2.45) is 0 Å². The van der Waals surface area contributed by atoms with Gasteiger partial charge in [0.25, 0.3) is 0 Å². The highest BCUT2D eigenvalue weighted by molar-refractivity contribution is 5.86. The Hall–Kier alpha value is -2.70. The van der Waals surface area contributed by atoms with E-state index in [1.165, 1.54) is 6.33 Å². The lowest BCUT2D eigenvalue weighted by Gasteiger charge is -2.27. The summed E-state index contributed by atoms with van der Waals surface area (Å²) in [6, 6.07) is 7.78. The van der Waals surface area contributed by atoms with Gasteiger partial charge in [0.1, 0.15) is 12.7 Å². The van der Waals surface area contributed by atoms with E-state index in [0.29, 0.717) is 13.0 Å². The fourth-order valence-electron chi connectivity index (χ4n) is 2.83. The van der Waals surface area contributed by atoms with Crippen LogP contribution in [0.3, 0.4) is 0 Å². The molecule has 1 fully saturated rings. The maximum Gasteiger partial charge on any atom is 0.242 e. The molecule has 2 heterocycles. The average Bonchev–Trinajstić information content (AvgIpc) is 3.26. The summed E-state index contributed by atoms with van der Waals surface area (Å²) in [7, 11) is 1.78. The zero-order valence-electron chi connectivity index (χ0n) is 13.9. The first-order valence-electron chi connectivity index (χ1n) is 8.04. The zero-order chi connectivity index (χ0) is 17.1. The highest BCUT2D eigenvalue weighted by Gasteiger charge is 2.25. The molecule has 0 N–H and O–H groups in total. The second-order valence-electron chi connectivity index (χ2n) is 6.03. The first kappa shape index (κ1) is 16.2. The largest absolute Gasteiger partial charge is 0.337 e. The number of aromatic nitrogens is 3. The van der Waals surface area contributed by atoms with Crippen molar-refractivity contribution in [3.05, 3.63) is 42.5 Å². The Morgan fingerprint density at radius 3 is 2.67 bits per heavy atom. The molecule has 1 saturated heterocycles. The van der Waals surface area contributed by atoms with Gasteiger partial charge in [0.05, 0.1) is 18.3 Å². The number of likely N-dealkylation sites (tertiary alicyclic amines) is 1. The summed E-state index contributed by atoms with van der Waals surface area (Å²) < 4.78 is 1.68. The van der Waals surface area contributed by atoms with Crippen LogP contribution >= 0.6 is 0 Å². The molecule has 7 heteroatoms. The number of carbonyl (C=O) groups is 2. The molecule has 3 rings (SSSR count). The van der Waals surface area contributed by atoms with E-state index < -0.39 is 0 Å². The maximum atomic E-state index is 12.4. The number of benzene rings is 1. The van der Waals surface area contributed by atoms with Gasteiger partial charge in [-0.2, -0.15) is 5.10 Å². The first-order chi connectivity index (χ1) is 11.6. The van der Waals surface area contributed by atoms with Crippen LogP contribution in [0.25, 0.3) is 5.69 Å². The molecule has 1 aliphatic heterocycles. The van der Waals surface area contributed by atoms with Crippen LogP contribution in [0.1, 0.15) is 31.4 Å². The van der Waals surface area contributed by atoms with Gasteiger partial charge in [0.2, 0.25) is 11.8 Å². The minimum Gasteiger partial charge on any atom is -0.337 e. The Morgan fingerprint density at radius 1 is 1.33 bits per heavy atom. The summed E-state index contributed by atoms with van der Waals surface area (Å²) in [6.07, 6.45) is 4.52. The van der Waals surface area contributed by atoms with Crippen molar-refractivity contribution in [1.29, 1.82) is 0 Å². The van der Waals surface area contributed by atoms with Gasteiger partial charge in [-0.3, -0.25) is 9.59 Å². The standard InChI is InChI=1S/C17H21N5O2/c1-13(20(2)17(24)10-21-9-3-4-16(21)23)14-5-7-15(8-6-14)22-12-18-11-19-22/h5-8,11-13H,3-4,9-10H2,1-2H3. The van der Waals surface area contributed by atoms with Gasteiger partial charge in [-0.1, -0.05) is 12.1 Å². The smallest absolute Gasteiger partial charge is 0.242 e. The maximum absolute atomic E-state index is 12.4. The molecule has 0 spiro atoms. The summed E-state index contributed by atoms with van der Waals surface area (Å²) in [5.74, 6) is 0.0275. The van der Waals surface area contributed by atoms with E-state index in [9.17, 15) is 9.59 Å². The molecule has 24 heavy (non-hydrogen) atoms. The van der Waals surface area contributed by atoms with E-state index in [-0.39, 0.29) is 24.4 Å². The van der Waals surface area contributed by atoms with Gasteiger partial charge < -0.3 is 9.80 Å². The van der Waals surface area contributed by atoms with Crippen LogP contribution in [0.15, 0.2) is 36.9 Å². The fourth-order valence-corrected chi connectivity index (χ4v) is 2.83. The third kappa shape index (κ3) is 3.29. The molecule has 0 radical (unpaired) electrons. The molecule has 1 aromatic carbocycles. The van der Waals surface area contributed by atoms with Crippen LogP contribution in [-0.4, -0.2) is 56.5 Å². The lowest BCUT2D eigenvalue weighted by Crippen LogP contribution is -2.40. The van der Waals surface area contributed by atoms with Crippen LogP contribution in [0.2, 0.25) is 0 Å². The summed E-state index contributed by atoms with van der Waals surface area (Å²) in [5, 5.41) is 4.09. The fraction of sp³-hybridized carbons (Fsp3) is 0.412. The summed E-state index contributed by atoms with van der Waals surface area (Å²) in [5.41, 5.74) is 1.95. The monoisotopic (exact) mass is 327 g/mol. The van der Waals surface area contributed by atoms with Crippen LogP contribution < -0.4 is 0 Å².